The maximum absolute atomic E-state index is 12.8. The molecule has 0 radical (unpaired) electrons. The van der Waals surface area contributed by atoms with Crippen molar-refractivity contribution in [1.29, 1.82) is 0 Å². The average Bonchev–Trinajstić information content (AvgIpc) is 3.07. The fourth-order valence-corrected chi connectivity index (χ4v) is 3.09. The molecule has 0 spiro atoms. The van der Waals surface area contributed by atoms with Crippen molar-refractivity contribution in [3.05, 3.63) is 77.1 Å². The number of thiocarbonyl (C=S) groups is 1. The Labute approximate surface area is 174 Å². The summed E-state index contributed by atoms with van der Waals surface area (Å²) >= 11 is 5.22. The number of benzene rings is 2. The Morgan fingerprint density at radius 1 is 0.966 bits per heavy atom. The molecule has 3 aromatic rings. The van der Waals surface area contributed by atoms with Crippen LogP contribution in [0.1, 0.15) is 32.0 Å². The molecule has 0 bridgehead atoms. The summed E-state index contributed by atoms with van der Waals surface area (Å²) in [6, 6.07) is 14.4. The lowest BCUT2D eigenvalue weighted by Gasteiger charge is -2.14. The van der Waals surface area contributed by atoms with E-state index in [1.165, 1.54) is 4.68 Å². The number of para-hydroxylation sites is 1. The number of amides is 2. The zero-order chi connectivity index (χ0) is 21.0. The summed E-state index contributed by atoms with van der Waals surface area (Å²) in [5.41, 5.74) is 3.97. The van der Waals surface area contributed by atoms with Crippen LogP contribution in [0, 0.1) is 13.8 Å². The zero-order valence-electron chi connectivity index (χ0n) is 16.3. The highest BCUT2D eigenvalue weighted by Gasteiger charge is 2.15. The van der Waals surface area contributed by atoms with Crippen LogP contribution in [0.3, 0.4) is 0 Å². The summed E-state index contributed by atoms with van der Waals surface area (Å²) in [5, 5.41) is 12.5. The molecule has 148 valence electrons. The smallest absolute Gasteiger partial charge is 0.277 e. The number of aromatic nitrogens is 2. The minimum absolute atomic E-state index is 0.0762. The van der Waals surface area contributed by atoms with E-state index in [-0.39, 0.29) is 16.7 Å². The topological polar surface area (TPSA) is 88.0 Å². The third-order valence-corrected chi connectivity index (χ3v) is 4.28. The molecule has 8 heteroatoms. The van der Waals surface area contributed by atoms with E-state index in [4.69, 9.17) is 12.2 Å². The van der Waals surface area contributed by atoms with Gasteiger partial charge in [0.1, 0.15) is 0 Å². The Bertz CT molecular complexity index is 1070. The van der Waals surface area contributed by atoms with E-state index in [2.05, 4.69) is 21.0 Å². The van der Waals surface area contributed by atoms with E-state index >= 15 is 0 Å². The lowest BCUT2D eigenvalue weighted by atomic mass is 10.1. The fraction of sp³-hybridized carbons (Fsp3) is 0.143. The summed E-state index contributed by atoms with van der Waals surface area (Å²) in [4.78, 5) is 25.0. The van der Waals surface area contributed by atoms with Gasteiger partial charge in [0.25, 0.3) is 11.8 Å². The van der Waals surface area contributed by atoms with Crippen LogP contribution in [0.4, 0.5) is 11.4 Å². The summed E-state index contributed by atoms with van der Waals surface area (Å²) in [6.07, 6.45) is 1.66. The number of nitrogens with one attached hydrogen (secondary N) is 3. The predicted molar refractivity (Wildman–Crippen MR) is 117 cm³/mol. The van der Waals surface area contributed by atoms with Gasteiger partial charge < -0.3 is 10.6 Å². The van der Waals surface area contributed by atoms with Crippen LogP contribution in [-0.2, 0) is 7.05 Å². The minimum atomic E-state index is -0.430. The van der Waals surface area contributed by atoms with Crippen molar-refractivity contribution < 1.29 is 9.59 Å². The quantitative estimate of drug-likeness (QED) is 0.577. The maximum atomic E-state index is 12.8. The van der Waals surface area contributed by atoms with Crippen LogP contribution in [0.25, 0.3) is 0 Å². The lowest BCUT2D eigenvalue weighted by Crippen LogP contribution is -2.35. The molecule has 0 saturated carbocycles. The molecule has 0 saturated heterocycles. The number of nitrogens with zero attached hydrogens (tertiary/aromatic N) is 2. The monoisotopic (exact) mass is 407 g/mol. The van der Waals surface area contributed by atoms with Gasteiger partial charge in [0.15, 0.2) is 10.8 Å². The number of rotatable bonds is 4. The van der Waals surface area contributed by atoms with E-state index < -0.39 is 5.91 Å². The van der Waals surface area contributed by atoms with Gasteiger partial charge in [0.05, 0.1) is 11.3 Å². The Kier molecular flexibility index (Phi) is 6.04. The summed E-state index contributed by atoms with van der Waals surface area (Å²) in [7, 11) is 1.72. The first-order valence-corrected chi connectivity index (χ1v) is 9.33. The molecule has 2 aromatic carbocycles. The Morgan fingerprint density at radius 3 is 2.31 bits per heavy atom. The van der Waals surface area contributed by atoms with Crippen LogP contribution in [0.2, 0.25) is 0 Å². The minimum Gasteiger partial charge on any atom is -0.332 e. The van der Waals surface area contributed by atoms with E-state index in [0.29, 0.717) is 16.9 Å². The first-order chi connectivity index (χ1) is 13.8. The van der Waals surface area contributed by atoms with Crippen molar-refractivity contribution in [2.24, 2.45) is 7.05 Å². The lowest BCUT2D eigenvalue weighted by molar-refractivity contribution is 0.0971. The zero-order valence-corrected chi connectivity index (χ0v) is 17.1. The van der Waals surface area contributed by atoms with Gasteiger partial charge >= 0.3 is 0 Å². The number of aryl methyl sites for hydroxylation is 3. The molecule has 3 rings (SSSR count). The third-order valence-electron chi connectivity index (χ3n) is 4.07. The molecule has 0 aliphatic heterocycles. The van der Waals surface area contributed by atoms with Crippen molar-refractivity contribution in [1.82, 2.24) is 15.1 Å². The summed E-state index contributed by atoms with van der Waals surface area (Å²) in [6.45, 7) is 3.95. The fourth-order valence-electron chi connectivity index (χ4n) is 2.89. The third kappa shape index (κ3) is 5.26. The maximum Gasteiger partial charge on any atom is 0.277 e. The Morgan fingerprint density at radius 2 is 1.66 bits per heavy atom. The van der Waals surface area contributed by atoms with Gasteiger partial charge in [-0.3, -0.25) is 19.6 Å². The second kappa shape index (κ2) is 8.66. The first-order valence-electron chi connectivity index (χ1n) is 8.92. The molecule has 0 aliphatic carbocycles. The van der Waals surface area contributed by atoms with Gasteiger partial charge in [-0.15, -0.1) is 0 Å². The van der Waals surface area contributed by atoms with Crippen molar-refractivity contribution >= 4 is 40.5 Å². The number of hydrogen-bond acceptors (Lipinski definition) is 4. The highest BCUT2D eigenvalue weighted by molar-refractivity contribution is 7.80. The SMILES string of the molecule is Cc1cc(C)cc(NC(=O)c2ccccc2NC(=S)NC(=O)c2ccn(C)n2)c1. The van der Waals surface area contributed by atoms with E-state index in [1.54, 1.807) is 43.6 Å². The van der Waals surface area contributed by atoms with Crippen LogP contribution >= 0.6 is 12.2 Å². The molecule has 1 aromatic heterocycles. The molecule has 0 aliphatic rings. The normalized spacial score (nSPS) is 10.3. The van der Waals surface area contributed by atoms with Crippen LogP contribution in [0.5, 0.6) is 0 Å². The second-order valence-corrected chi connectivity index (χ2v) is 7.07. The van der Waals surface area contributed by atoms with Crippen molar-refractivity contribution in [2.45, 2.75) is 13.8 Å². The van der Waals surface area contributed by atoms with Gasteiger partial charge in [-0.2, -0.15) is 5.10 Å². The van der Waals surface area contributed by atoms with E-state index in [9.17, 15) is 9.59 Å². The van der Waals surface area contributed by atoms with Crippen molar-refractivity contribution in [2.75, 3.05) is 10.6 Å². The number of anilines is 2. The molecule has 29 heavy (non-hydrogen) atoms. The largest absolute Gasteiger partial charge is 0.332 e. The number of hydrogen-bond donors (Lipinski definition) is 3. The molecule has 2 amide bonds. The first kappa shape index (κ1) is 20.2. The number of carbonyl (C=O) groups excluding carboxylic acids is 2. The van der Waals surface area contributed by atoms with Gasteiger partial charge in [-0.1, -0.05) is 18.2 Å². The molecular formula is C21H21N5O2S. The van der Waals surface area contributed by atoms with Crippen molar-refractivity contribution in [3.8, 4) is 0 Å². The predicted octanol–water partition coefficient (Wildman–Crippen LogP) is 3.42. The molecule has 0 fully saturated rings. The average molecular weight is 407 g/mol. The van der Waals surface area contributed by atoms with Crippen molar-refractivity contribution in [3.63, 3.8) is 0 Å². The van der Waals surface area contributed by atoms with Gasteiger partial charge in [0.2, 0.25) is 0 Å². The molecular weight excluding hydrogens is 386 g/mol. The van der Waals surface area contributed by atoms with Crippen LogP contribution in [0.15, 0.2) is 54.7 Å². The van der Waals surface area contributed by atoms with Gasteiger partial charge in [0, 0.05) is 18.9 Å². The van der Waals surface area contributed by atoms with E-state index in [0.717, 1.165) is 11.1 Å². The van der Waals surface area contributed by atoms with Gasteiger partial charge in [-0.05, 0) is 67.5 Å². The highest BCUT2D eigenvalue weighted by atomic mass is 32.1. The molecule has 0 atom stereocenters. The number of carbonyl (C=O) groups is 2. The summed E-state index contributed by atoms with van der Waals surface area (Å²) < 4.78 is 1.53. The van der Waals surface area contributed by atoms with Crippen LogP contribution in [-0.4, -0.2) is 26.7 Å². The van der Waals surface area contributed by atoms with Gasteiger partial charge in [-0.25, -0.2) is 0 Å². The molecule has 7 nitrogen and oxygen atoms in total. The molecule has 1 heterocycles. The molecule has 0 unspecified atom stereocenters. The summed E-state index contributed by atoms with van der Waals surface area (Å²) in [5.74, 6) is -0.711. The highest BCUT2D eigenvalue weighted by Crippen LogP contribution is 2.19. The molecule has 3 N–H and O–H groups in total. The van der Waals surface area contributed by atoms with Crippen LogP contribution < -0.4 is 16.0 Å². The Balaban J connectivity index is 1.71. The van der Waals surface area contributed by atoms with E-state index in [1.807, 2.05) is 32.0 Å². The standard InChI is InChI=1S/C21H21N5O2S/c1-13-10-14(2)12-15(11-13)22-19(27)16-6-4-5-7-17(16)23-21(29)24-20(28)18-8-9-26(3)25-18/h4-12H,1-3H3,(H,22,27)(H2,23,24,28,29). The second-order valence-electron chi connectivity index (χ2n) is 6.66. The Hall–Kier alpha value is -3.52.